The van der Waals surface area contributed by atoms with Crippen LogP contribution < -0.4 is 0 Å². The fraction of sp³-hybridized carbons (Fsp3) is 0.0189. The average molecular weight is 733 g/mol. The van der Waals surface area contributed by atoms with Crippen molar-refractivity contribution in [1.29, 1.82) is 0 Å². The molecule has 0 aliphatic rings. The third-order valence-corrected chi connectivity index (χ3v) is 12.5. The number of hydrogen-bond donors (Lipinski definition) is 0. The molecule has 264 valence electrons. The topological polar surface area (TPSA) is 9.86 Å². The molecule has 56 heavy (non-hydrogen) atoms. The molecule has 0 aliphatic carbocycles. The van der Waals surface area contributed by atoms with Crippen LogP contribution in [0.2, 0.25) is 0 Å². The highest BCUT2D eigenvalue weighted by molar-refractivity contribution is 7.19. The zero-order chi connectivity index (χ0) is 37.3. The van der Waals surface area contributed by atoms with Crippen LogP contribution in [-0.2, 0) is 0 Å². The lowest BCUT2D eigenvalue weighted by molar-refractivity contribution is 1.18. The van der Waals surface area contributed by atoms with E-state index in [9.17, 15) is 0 Å². The van der Waals surface area contributed by atoms with Crippen molar-refractivity contribution in [3.63, 3.8) is 0 Å². The van der Waals surface area contributed by atoms with Crippen LogP contribution in [-0.4, -0.2) is 9.13 Å². The molecule has 0 aliphatic heterocycles. The Bertz CT molecular complexity index is 3370. The molecule has 0 N–H and O–H groups in total. The molecule has 0 amide bonds. The molecule has 2 nitrogen and oxygen atoms in total. The molecule has 8 aromatic carbocycles. The molecule has 3 heteroatoms. The van der Waals surface area contributed by atoms with Crippen LogP contribution in [0, 0.1) is 6.92 Å². The highest BCUT2D eigenvalue weighted by Gasteiger charge is 2.20. The number of allylic oxidation sites excluding steroid dienone is 2. The van der Waals surface area contributed by atoms with Crippen LogP contribution in [0.3, 0.4) is 0 Å². The summed E-state index contributed by atoms with van der Waals surface area (Å²) in [4.78, 5) is 1.31. The molecular formula is C53H36N2S. The van der Waals surface area contributed by atoms with Gasteiger partial charge in [0.25, 0.3) is 0 Å². The predicted molar refractivity (Wildman–Crippen MR) is 243 cm³/mol. The molecule has 0 unspecified atom stereocenters. The molecule has 0 fully saturated rings. The summed E-state index contributed by atoms with van der Waals surface area (Å²) in [6, 6.07) is 62.4. The van der Waals surface area contributed by atoms with Crippen LogP contribution in [0.4, 0.5) is 0 Å². The minimum atomic E-state index is 1.15. The lowest BCUT2D eigenvalue weighted by atomic mass is 9.99. The van der Waals surface area contributed by atoms with Crippen LogP contribution in [0.5, 0.6) is 0 Å². The molecule has 11 rings (SSSR count). The normalized spacial score (nSPS) is 12.0. The van der Waals surface area contributed by atoms with Crippen molar-refractivity contribution < 1.29 is 0 Å². The molecule has 11 aromatic rings. The van der Waals surface area contributed by atoms with Gasteiger partial charge in [0.1, 0.15) is 0 Å². The summed E-state index contributed by atoms with van der Waals surface area (Å²) in [6.45, 7) is 6.22. The molecular weight excluding hydrogens is 697 g/mol. The average Bonchev–Trinajstić information content (AvgIpc) is 3.88. The van der Waals surface area contributed by atoms with Crippen LogP contribution >= 0.6 is 11.3 Å². The van der Waals surface area contributed by atoms with E-state index in [4.69, 9.17) is 0 Å². The first-order valence-electron chi connectivity index (χ1n) is 19.1. The lowest BCUT2D eigenvalue weighted by Gasteiger charge is -2.12. The van der Waals surface area contributed by atoms with Gasteiger partial charge in [0, 0.05) is 47.6 Å². The lowest BCUT2D eigenvalue weighted by Crippen LogP contribution is -1.95. The number of fused-ring (bicyclic) bond motifs is 9. The van der Waals surface area contributed by atoms with E-state index in [1.54, 1.807) is 0 Å². The Morgan fingerprint density at radius 2 is 1.11 bits per heavy atom. The second kappa shape index (κ2) is 12.8. The Morgan fingerprint density at radius 3 is 1.91 bits per heavy atom. The first-order valence-corrected chi connectivity index (χ1v) is 19.9. The van der Waals surface area contributed by atoms with E-state index in [1.165, 1.54) is 103 Å². The quantitative estimate of drug-likeness (QED) is 0.151. The number of hydrogen-bond acceptors (Lipinski definition) is 1. The van der Waals surface area contributed by atoms with Crippen molar-refractivity contribution in [2.45, 2.75) is 6.92 Å². The Balaban J connectivity index is 1.15. The summed E-state index contributed by atoms with van der Waals surface area (Å²) in [7, 11) is 0. The first-order chi connectivity index (χ1) is 27.7. The fourth-order valence-corrected chi connectivity index (χ4v) is 9.97. The van der Waals surface area contributed by atoms with E-state index in [1.807, 2.05) is 17.4 Å². The van der Waals surface area contributed by atoms with Crippen LogP contribution in [0.15, 0.2) is 189 Å². The number of benzene rings is 8. The van der Waals surface area contributed by atoms with Gasteiger partial charge in [0.05, 0.1) is 27.8 Å². The summed E-state index contributed by atoms with van der Waals surface area (Å²) in [5.74, 6) is 0. The van der Waals surface area contributed by atoms with E-state index in [2.05, 4.69) is 205 Å². The van der Waals surface area contributed by atoms with Crippen molar-refractivity contribution >= 4 is 81.9 Å². The minimum absolute atomic E-state index is 1.15. The highest BCUT2D eigenvalue weighted by Crippen LogP contribution is 2.44. The van der Waals surface area contributed by atoms with Crippen molar-refractivity contribution in [2.75, 3.05) is 0 Å². The third kappa shape index (κ3) is 4.95. The SMILES string of the molecule is C=C/C=C\c1c(C)sc2ccc3c(c4cc(-c5ccc6c(c5)c5ccccc5n6-c5cccc6ccccc56)ccc4n3-c3ccc(-c4ccccc4)cc3)c12. The summed E-state index contributed by atoms with van der Waals surface area (Å²) in [6.07, 6.45) is 6.15. The summed E-state index contributed by atoms with van der Waals surface area (Å²) >= 11 is 1.86. The number of thiophene rings is 1. The Labute approximate surface area is 329 Å². The Morgan fingerprint density at radius 1 is 0.482 bits per heavy atom. The van der Waals surface area contributed by atoms with E-state index >= 15 is 0 Å². The van der Waals surface area contributed by atoms with Crippen molar-refractivity contribution in [1.82, 2.24) is 9.13 Å². The third-order valence-electron chi connectivity index (χ3n) is 11.4. The Hall–Kier alpha value is -6.94. The van der Waals surface area contributed by atoms with E-state index in [-0.39, 0.29) is 0 Å². The number of nitrogens with zero attached hydrogens (tertiary/aromatic N) is 2. The monoisotopic (exact) mass is 732 g/mol. The maximum absolute atomic E-state index is 3.98. The van der Waals surface area contributed by atoms with Crippen molar-refractivity contribution in [2.24, 2.45) is 0 Å². The Kier molecular flexibility index (Phi) is 7.45. The molecule has 0 radical (unpaired) electrons. The van der Waals surface area contributed by atoms with E-state index in [0.29, 0.717) is 0 Å². The number of rotatable bonds is 6. The molecule has 0 spiro atoms. The van der Waals surface area contributed by atoms with Gasteiger partial charge in [-0.1, -0.05) is 134 Å². The first kappa shape index (κ1) is 32.5. The summed E-state index contributed by atoms with van der Waals surface area (Å²) in [5.41, 5.74) is 13.3. The van der Waals surface area contributed by atoms with Gasteiger partial charge in [0.2, 0.25) is 0 Å². The number of para-hydroxylation sites is 1. The van der Waals surface area contributed by atoms with Gasteiger partial charge in [-0.2, -0.15) is 0 Å². The number of aryl methyl sites for hydroxylation is 1. The molecule has 0 saturated heterocycles. The zero-order valence-corrected chi connectivity index (χ0v) is 31.7. The van der Waals surface area contributed by atoms with Crippen LogP contribution in [0.1, 0.15) is 10.4 Å². The van der Waals surface area contributed by atoms with Gasteiger partial charge in [-0.3, -0.25) is 0 Å². The predicted octanol–water partition coefficient (Wildman–Crippen LogP) is 15.1. The molecule has 0 atom stereocenters. The highest BCUT2D eigenvalue weighted by atomic mass is 32.1. The fourth-order valence-electron chi connectivity index (χ4n) is 8.91. The van der Waals surface area contributed by atoms with Gasteiger partial charge < -0.3 is 9.13 Å². The van der Waals surface area contributed by atoms with Crippen molar-refractivity contribution in [3.8, 4) is 33.6 Å². The number of aromatic nitrogens is 2. The van der Waals surface area contributed by atoms with Gasteiger partial charge in [-0.05, 0) is 101 Å². The largest absolute Gasteiger partial charge is 0.309 e. The second-order valence-electron chi connectivity index (χ2n) is 14.6. The van der Waals surface area contributed by atoms with Gasteiger partial charge in [0.15, 0.2) is 0 Å². The molecule has 0 saturated carbocycles. The summed E-state index contributed by atoms with van der Waals surface area (Å²) < 4.78 is 6.17. The van der Waals surface area contributed by atoms with Gasteiger partial charge >= 0.3 is 0 Å². The minimum Gasteiger partial charge on any atom is -0.309 e. The molecule has 3 heterocycles. The van der Waals surface area contributed by atoms with Crippen molar-refractivity contribution in [3.05, 3.63) is 199 Å². The van der Waals surface area contributed by atoms with E-state index < -0.39 is 0 Å². The smallest absolute Gasteiger partial charge is 0.0548 e. The zero-order valence-electron chi connectivity index (χ0n) is 30.9. The maximum Gasteiger partial charge on any atom is 0.0548 e. The molecule has 0 bridgehead atoms. The van der Waals surface area contributed by atoms with Crippen LogP contribution in [0.25, 0.3) is 104 Å². The summed E-state index contributed by atoms with van der Waals surface area (Å²) in [5, 5.41) is 8.83. The standard InChI is InChI=1S/C53H36N2S/c1-3-4-17-41-34(2)56-51-31-30-50-52(53(41)51)45-33-39(25-29-49(45)54(50)40-26-22-36(23-27-40)35-13-6-5-7-14-35)38-24-28-48-44(32-38)43-19-10-11-20-47(43)55(48)46-21-12-16-37-15-8-9-18-42(37)46/h3-33H,1H2,2H3/b17-4-. The van der Waals surface area contributed by atoms with Gasteiger partial charge in [-0.25, -0.2) is 0 Å². The second-order valence-corrected chi connectivity index (χ2v) is 15.8. The van der Waals surface area contributed by atoms with E-state index in [0.717, 1.165) is 5.69 Å². The van der Waals surface area contributed by atoms with Gasteiger partial charge in [-0.15, -0.1) is 11.3 Å². The molecule has 3 aromatic heterocycles. The maximum atomic E-state index is 3.98.